The standard InChI is InChI=1S/C21H28N4O4S2/c1-2-29-19-9-8-17(31(27,28)24-11-4-3-5-12-24)14-18(19)23-20(26)15-30-21-22-10-13-25(21)16-6-7-16/h8-10,13-14,16H,2-7,11-12,15H2,1H3,(H,23,26). The summed E-state index contributed by atoms with van der Waals surface area (Å²) in [4.78, 5) is 17.1. The van der Waals surface area contributed by atoms with Crippen LogP contribution in [0.5, 0.6) is 5.75 Å². The molecule has 0 bridgehead atoms. The summed E-state index contributed by atoms with van der Waals surface area (Å²) in [5, 5.41) is 3.66. The summed E-state index contributed by atoms with van der Waals surface area (Å²) < 4.78 is 35.3. The fourth-order valence-electron chi connectivity index (χ4n) is 3.66. The highest BCUT2D eigenvalue weighted by atomic mass is 32.2. The van der Waals surface area contributed by atoms with Crippen molar-refractivity contribution in [2.75, 3.05) is 30.8 Å². The summed E-state index contributed by atoms with van der Waals surface area (Å²) >= 11 is 1.37. The van der Waals surface area contributed by atoms with Crippen LogP contribution in [0.2, 0.25) is 0 Å². The summed E-state index contributed by atoms with van der Waals surface area (Å²) in [5.74, 6) is 0.403. The lowest BCUT2D eigenvalue weighted by Crippen LogP contribution is -2.35. The molecule has 0 unspecified atom stereocenters. The fourth-order valence-corrected chi connectivity index (χ4v) is 6.03. The van der Waals surface area contributed by atoms with Gasteiger partial charge in [-0.2, -0.15) is 4.31 Å². The highest BCUT2D eigenvalue weighted by Gasteiger charge is 2.28. The van der Waals surface area contributed by atoms with E-state index in [1.807, 2.05) is 13.1 Å². The number of nitrogens with zero attached hydrogens (tertiary/aromatic N) is 3. The number of hydrogen-bond acceptors (Lipinski definition) is 6. The first kappa shape index (κ1) is 22.2. The van der Waals surface area contributed by atoms with Gasteiger partial charge in [-0.05, 0) is 50.8 Å². The predicted molar refractivity (Wildman–Crippen MR) is 120 cm³/mol. The van der Waals surface area contributed by atoms with E-state index < -0.39 is 10.0 Å². The maximum absolute atomic E-state index is 13.0. The van der Waals surface area contributed by atoms with Gasteiger partial charge < -0.3 is 14.6 Å². The van der Waals surface area contributed by atoms with Crippen molar-refractivity contribution in [2.24, 2.45) is 0 Å². The number of ether oxygens (including phenoxy) is 1. The molecule has 2 aliphatic rings. The van der Waals surface area contributed by atoms with E-state index in [0.29, 0.717) is 37.2 Å². The molecular formula is C21H28N4O4S2. The summed E-state index contributed by atoms with van der Waals surface area (Å²) in [5.41, 5.74) is 0.371. The van der Waals surface area contributed by atoms with E-state index in [9.17, 15) is 13.2 Å². The Morgan fingerprint density at radius 3 is 2.74 bits per heavy atom. The van der Waals surface area contributed by atoms with Crippen LogP contribution in [0.15, 0.2) is 40.6 Å². The maximum Gasteiger partial charge on any atom is 0.243 e. The Bertz CT molecular complexity index is 1030. The van der Waals surface area contributed by atoms with E-state index in [-0.39, 0.29) is 16.6 Å². The number of carbonyl (C=O) groups excluding carboxylic acids is 1. The minimum Gasteiger partial charge on any atom is -0.492 e. The average molecular weight is 465 g/mol. The van der Waals surface area contributed by atoms with Crippen molar-refractivity contribution >= 4 is 33.4 Å². The van der Waals surface area contributed by atoms with Crippen molar-refractivity contribution in [3.8, 4) is 5.75 Å². The summed E-state index contributed by atoms with van der Waals surface area (Å²) in [6.07, 6.45) is 8.77. The smallest absolute Gasteiger partial charge is 0.243 e. The molecule has 1 aromatic heterocycles. The Balaban J connectivity index is 1.48. The second kappa shape index (κ2) is 9.62. The van der Waals surface area contributed by atoms with Crippen LogP contribution in [0.4, 0.5) is 5.69 Å². The lowest BCUT2D eigenvalue weighted by Gasteiger charge is -2.26. The molecule has 1 aliphatic heterocycles. The third-order valence-corrected chi connectivity index (χ3v) is 8.26. The Kier molecular flexibility index (Phi) is 6.88. The number of hydrogen-bond donors (Lipinski definition) is 1. The molecule has 1 aromatic carbocycles. The topological polar surface area (TPSA) is 93.5 Å². The summed E-state index contributed by atoms with van der Waals surface area (Å²) in [6, 6.07) is 5.16. The Morgan fingerprint density at radius 2 is 2.03 bits per heavy atom. The van der Waals surface area contributed by atoms with Crippen molar-refractivity contribution < 1.29 is 17.9 Å². The van der Waals surface area contributed by atoms with E-state index in [1.165, 1.54) is 22.1 Å². The number of thioether (sulfide) groups is 1. The van der Waals surface area contributed by atoms with Gasteiger partial charge in [0, 0.05) is 31.5 Å². The number of carbonyl (C=O) groups is 1. The van der Waals surface area contributed by atoms with Gasteiger partial charge in [-0.25, -0.2) is 13.4 Å². The minimum absolute atomic E-state index is 0.171. The number of amides is 1. The van der Waals surface area contributed by atoms with Gasteiger partial charge in [-0.1, -0.05) is 18.2 Å². The van der Waals surface area contributed by atoms with Gasteiger partial charge in [0.2, 0.25) is 15.9 Å². The number of piperidine rings is 1. The zero-order valence-electron chi connectivity index (χ0n) is 17.6. The SMILES string of the molecule is CCOc1ccc(S(=O)(=O)N2CCCCC2)cc1NC(=O)CSc1nccn1C1CC1. The first-order chi connectivity index (χ1) is 15.0. The van der Waals surface area contributed by atoms with Crippen molar-refractivity contribution in [3.63, 3.8) is 0 Å². The average Bonchev–Trinajstić information content (AvgIpc) is 3.51. The summed E-state index contributed by atoms with van der Waals surface area (Å²) in [6.45, 7) is 3.31. The number of aromatic nitrogens is 2. The van der Waals surface area contributed by atoms with Gasteiger partial charge in [0.15, 0.2) is 5.16 Å². The molecule has 4 rings (SSSR count). The monoisotopic (exact) mass is 464 g/mol. The quantitative estimate of drug-likeness (QED) is 0.571. The van der Waals surface area contributed by atoms with Gasteiger partial charge in [0.25, 0.3) is 0 Å². The summed E-state index contributed by atoms with van der Waals surface area (Å²) in [7, 11) is -3.60. The number of rotatable bonds is 9. The number of anilines is 1. The van der Waals surface area contributed by atoms with E-state index in [4.69, 9.17) is 4.74 Å². The largest absolute Gasteiger partial charge is 0.492 e. The van der Waals surface area contributed by atoms with Gasteiger partial charge in [-0.3, -0.25) is 4.79 Å². The third-order valence-electron chi connectivity index (χ3n) is 5.38. The highest BCUT2D eigenvalue weighted by molar-refractivity contribution is 7.99. The van der Waals surface area contributed by atoms with Gasteiger partial charge in [-0.15, -0.1) is 0 Å². The van der Waals surface area contributed by atoms with Crippen LogP contribution >= 0.6 is 11.8 Å². The zero-order chi connectivity index (χ0) is 21.8. The van der Waals surface area contributed by atoms with E-state index in [0.717, 1.165) is 37.3 Å². The highest BCUT2D eigenvalue weighted by Crippen LogP contribution is 2.37. The fraction of sp³-hybridized carbons (Fsp3) is 0.524. The molecular weight excluding hydrogens is 436 g/mol. The molecule has 8 nitrogen and oxygen atoms in total. The van der Waals surface area contributed by atoms with E-state index >= 15 is 0 Å². The van der Waals surface area contributed by atoms with Gasteiger partial charge in [0.1, 0.15) is 5.75 Å². The van der Waals surface area contributed by atoms with Crippen LogP contribution in [0.3, 0.4) is 0 Å². The molecule has 10 heteroatoms. The van der Waals surface area contributed by atoms with Crippen molar-refractivity contribution in [2.45, 2.75) is 55.1 Å². The van der Waals surface area contributed by atoms with Crippen LogP contribution in [-0.2, 0) is 14.8 Å². The normalized spacial score (nSPS) is 17.5. The lowest BCUT2D eigenvalue weighted by atomic mass is 10.2. The van der Waals surface area contributed by atoms with Crippen LogP contribution in [0, 0.1) is 0 Å². The molecule has 1 saturated carbocycles. The van der Waals surface area contributed by atoms with Crippen molar-refractivity contribution in [1.82, 2.24) is 13.9 Å². The molecule has 1 aliphatic carbocycles. The van der Waals surface area contributed by atoms with Crippen LogP contribution < -0.4 is 10.1 Å². The van der Waals surface area contributed by atoms with Crippen molar-refractivity contribution in [1.29, 1.82) is 0 Å². The predicted octanol–water partition coefficient (Wildman–Crippen LogP) is 3.52. The van der Waals surface area contributed by atoms with E-state index in [1.54, 1.807) is 18.3 Å². The molecule has 0 radical (unpaired) electrons. The van der Waals surface area contributed by atoms with Crippen LogP contribution in [0.25, 0.3) is 0 Å². The molecule has 31 heavy (non-hydrogen) atoms. The van der Waals surface area contributed by atoms with Crippen molar-refractivity contribution in [3.05, 3.63) is 30.6 Å². The van der Waals surface area contributed by atoms with E-state index in [2.05, 4.69) is 14.9 Å². The maximum atomic E-state index is 13.0. The first-order valence-corrected chi connectivity index (χ1v) is 13.1. The van der Waals surface area contributed by atoms with Gasteiger partial charge in [0.05, 0.1) is 22.9 Å². The number of imidazole rings is 1. The molecule has 2 aromatic rings. The zero-order valence-corrected chi connectivity index (χ0v) is 19.3. The van der Waals surface area contributed by atoms with Crippen LogP contribution in [0.1, 0.15) is 45.1 Å². The molecule has 1 saturated heterocycles. The molecule has 1 N–H and O–H groups in total. The second-order valence-electron chi connectivity index (χ2n) is 7.74. The number of benzene rings is 1. The molecule has 0 atom stereocenters. The number of sulfonamides is 1. The molecule has 2 heterocycles. The minimum atomic E-state index is -3.60. The Morgan fingerprint density at radius 1 is 1.26 bits per heavy atom. The molecule has 2 fully saturated rings. The Labute approximate surface area is 187 Å². The second-order valence-corrected chi connectivity index (χ2v) is 10.6. The number of nitrogens with one attached hydrogen (secondary N) is 1. The first-order valence-electron chi connectivity index (χ1n) is 10.7. The third kappa shape index (κ3) is 5.24. The Hall–Kier alpha value is -2.04. The molecule has 1 amide bonds. The molecule has 0 spiro atoms. The lowest BCUT2D eigenvalue weighted by molar-refractivity contribution is -0.113. The molecule has 168 valence electrons. The van der Waals surface area contributed by atoms with Crippen LogP contribution in [-0.4, -0.2) is 53.6 Å². The van der Waals surface area contributed by atoms with Gasteiger partial charge >= 0.3 is 0 Å².